The molecule has 0 heterocycles. The average Bonchev–Trinajstić information content (AvgIpc) is 2.27. The van der Waals surface area contributed by atoms with Gasteiger partial charge < -0.3 is 20.6 Å². The Hall–Kier alpha value is -2.24. The number of rotatable bonds is 4. The van der Waals surface area contributed by atoms with Crippen LogP contribution in [0.3, 0.4) is 0 Å². The standard InChI is InChI=1S/C14H19NO5/c1-13(2,12(19)20)14(3,4)15-11(18)10-8(16)6-5-7-9(10)17/h5-7,16-17H,1-4H3,(H,15,18)(H,19,20). The number of carboxylic acid groups (broad SMARTS) is 1. The molecule has 20 heavy (non-hydrogen) atoms. The van der Waals surface area contributed by atoms with E-state index in [1.807, 2.05) is 0 Å². The Kier molecular flexibility index (Phi) is 3.98. The van der Waals surface area contributed by atoms with Crippen LogP contribution in [0.1, 0.15) is 38.1 Å². The van der Waals surface area contributed by atoms with Gasteiger partial charge in [0.2, 0.25) is 0 Å². The van der Waals surface area contributed by atoms with Crippen molar-refractivity contribution in [2.24, 2.45) is 5.41 Å². The van der Waals surface area contributed by atoms with Crippen LogP contribution in [0.15, 0.2) is 18.2 Å². The van der Waals surface area contributed by atoms with Crippen molar-refractivity contribution in [1.29, 1.82) is 0 Å². The fourth-order valence-electron chi connectivity index (χ4n) is 1.53. The number of benzene rings is 1. The first-order chi connectivity index (χ1) is 9.00. The Labute approximate surface area is 117 Å². The lowest BCUT2D eigenvalue weighted by atomic mass is 9.74. The molecule has 1 rings (SSSR count). The summed E-state index contributed by atoms with van der Waals surface area (Å²) in [6.07, 6.45) is 0. The maximum Gasteiger partial charge on any atom is 0.311 e. The average molecular weight is 281 g/mol. The van der Waals surface area contributed by atoms with E-state index in [-0.39, 0.29) is 17.1 Å². The molecule has 0 unspecified atom stereocenters. The van der Waals surface area contributed by atoms with Crippen LogP contribution >= 0.6 is 0 Å². The summed E-state index contributed by atoms with van der Waals surface area (Å²) in [6, 6.07) is 3.93. The van der Waals surface area contributed by atoms with Crippen molar-refractivity contribution >= 4 is 11.9 Å². The zero-order valence-corrected chi connectivity index (χ0v) is 11.9. The summed E-state index contributed by atoms with van der Waals surface area (Å²) >= 11 is 0. The lowest BCUT2D eigenvalue weighted by Gasteiger charge is -2.38. The van der Waals surface area contributed by atoms with Gasteiger partial charge in [0.05, 0.1) is 11.0 Å². The molecule has 0 spiro atoms. The lowest BCUT2D eigenvalue weighted by molar-refractivity contribution is -0.150. The maximum atomic E-state index is 12.1. The molecule has 0 radical (unpaired) electrons. The van der Waals surface area contributed by atoms with Crippen LogP contribution in [0.4, 0.5) is 0 Å². The molecule has 6 nitrogen and oxygen atoms in total. The molecular weight excluding hydrogens is 262 g/mol. The summed E-state index contributed by atoms with van der Waals surface area (Å²) in [5.74, 6) is -2.54. The highest BCUT2D eigenvalue weighted by Gasteiger charge is 2.44. The number of carbonyl (C=O) groups excluding carboxylic acids is 1. The van der Waals surface area contributed by atoms with Crippen LogP contribution in [-0.4, -0.2) is 32.7 Å². The van der Waals surface area contributed by atoms with Crippen LogP contribution in [0.2, 0.25) is 0 Å². The van der Waals surface area contributed by atoms with Gasteiger partial charge in [0, 0.05) is 0 Å². The third-order valence-corrected chi connectivity index (χ3v) is 3.77. The molecule has 1 aromatic carbocycles. The number of phenolic OH excluding ortho intramolecular Hbond substituents is 2. The Balaban J connectivity index is 3.10. The van der Waals surface area contributed by atoms with Gasteiger partial charge in [0.1, 0.15) is 17.1 Å². The van der Waals surface area contributed by atoms with E-state index in [2.05, 4.69) is 5.32 Å². The van der Waals surface area contributed by atoms with Gasteiger partial charge in [0.15, 0.2) is 0 Å². The summed E-state index contributed by atoms with van der Waals surface area (Å²) in [7, 11) is 0. The normalized spacial score (nSPS) is 12.0. The third kappa shape index (κ3) is 2.68. The first kappa shape index (κ1) is 15.8. The minimum absolute atomic E-state index is 0.276. The van der Waals surface area contributed by atoms with Crippen molar-refractivity contribution in [1.82, 2.24) is 5.32 Å². The van der Waals surface area contributed by atoms with E-state index in [4.69, 9.17) is 0 Å². The fraction of sp³-hybridized carbons (Fsp3) is 0.429. The van der Waals surface area contributed by atoms with Crippen LogP contribution in [0.5, 0.6) is 11.5 Å². The Morgan fingerprint density at radius 1 is 1.05 bits per heavy atom. The molecule has 0 bridgehead atoms. The van der Waals surface area contributed by atoms with Gasteiger partial charge in [-0.2, -0.15) is 0 Å². The molecule has 6 heteroatoms. The smallest absolute Gasteiger partial charge is 0.311 e. The first-order valence-electron chi connectivity index (χ1n) is 6.07. The van der Waals surface area contributed by atoms with Crippen molar-refractivity contribution in [2.45, 2.75) is 33.2 Å². The highest BCUT2D eigenvalue weighted by molar-refractivity contribution is 6.00. The highest BCUT2D eigenvalue weighted by Crippen LogP contribution is 2.33. The van der Waals surface area contributed by atoms with Gasteiger partial charge in [-0.25, -0.2) is 0 Å². The number of aromatic hydroxyl groups is 2. The molecule has 1 amide bonds. The second kappa shape index (κ2) is 5.03. The van der Waals surface area contributed by atoms with E-state index in [0.717, 1.165) is 0 Å². The van der Waals surface area contributed by atoms with Crippen molar-refractivity contribution in [2.75, 3.05) is 0 Å². The number of amides is 1. The largest absolute Gasteiger partial charge is 0.507 e. The van der Waals surface area contributed by atoms with E-state index >= 15 is 0 Å². The van der Waals surface area contributed by atoms with Crippen LogP contribution < -0.4 is 5.32 Å². The molecule has 1 aromatic rings. The zero-order valence-electron chi connectivity index (χ0n) is 11.9. The van der Waals surface area contributed by atoms with E-state index in [0.29, 0.717) is 0 Å². The molecule has 0 aromatic heterocycles. The summed E-state index contributed by atoms with van der Waals surface area (Å²) < 4.78 is 0. The molecule has 0 saturated heterocycles. The maximum absolute atomic E-state index is 12.1. The second-order valence-electron chi connectivity index (χ2n) is 5.68. The van der Waals surface area contributed by atoms with Gasteiger partial charge in [-0.1, -0.05) is 6.07 Å². The van der Waals surface area contributed by atoms with Crippen molar-refractivity contribution < 1.29 is 24.9 Å². The third-order valence-electron chi connectivity index (χ3n) is 3.77. The highest BCUT2D eigenvalue weighted by atomic mass is 16.4. The SMILES string of the molecule is CC(C)(NC(=O)c1c(O)cccc1O)C(C)(C)C(=O)O. The monoisotopic (exact) mass is 281 g/mol. The number of aliphatic carboxylic acids is 1. The fourth-order valence-corrected chi connectivity index (χ4v) is 1.53. The molecule has 0 saturated carbocycles. The zero-order chi connectivity index (χ0) is 15.7. The molecule has 0 aliphatic carbocycles. The van der Waals surface area contributed by atoms with E-state index in [9.17, 15) is 24.9 Å². The Bertz CT molecular complexity index is 528. The Morgan fingerprint density at radius 2 is 1.50 bits per heavy atom. The summed E-state index contributed by atoms with van der Waals surface area (Å²) in [5, 5.41) is 31.0. The summed E-state index contributed by atoms with van der Waals surface area (Å²) in [6.45, 7) is 6.10. The van der Waals surface area contributed by atoms with Gasteiger partial charge in [0.25, 0.3) is 5.91 Å². The van der Waals surface area contributed by atoms with Gasteiger partial charge in [-0.15, -0.1) is 0 Å². The number of hydrogen-bond donors (Lipinski definition) is 4. The van der Waals surface area contributed by atoms with Crippen LogP contribution in [0.25, 0.3) is 0 Å². The van der Waals surface area contributed by atoms with Crippen molar-refractivity contribution in [3.63, 3.8) is 0 Å². The Morgan fingerprint density at radius 3 is 1.90 bits per heavy atom. The minimum atomic E-state index is -1.23. The predicted molar refractivity (Wildman–Crippen MR) is 72.7 cm³/mol. The van der Waals surface area contributed by atoms with E-state index in [1.165, 1.54) is 32.0 Å². The molecule has 0 fully saturated rings. The molecule has 0 aliphatic rings. The number of carbonyl (C=O) groups is 2. The van der Waals surface area contributed by atoms with E-state index < -0.39 is 22.8 Å². The number of nitrogens with one attached hydrogen (secondary N) is 1. The molecular formula is C14H19NO5. The van der Waals surface area contributed by atoms with Gasteiger partial charge in [-0.05, 0) is 39.8 Å². The minimum Gasteiger partial charge on any atom is -0.507 e. The summed E-state index contributed by atoms with van der Waals surface area (Å²) in [5.41, 5.74) is -2.60. The topological polar surface area (TPSA) is 107 Å². The number of phenols is 2. The van der Waals surface area contributed by atoms with E-state index in [1.54, 1.807) is 13.8 Å². The second-order valence-corrected chi connectivity index (χ2v) is 5.68. The summed E-state index contributed by atoms with van der Waals surface area (Å²) in [4.78, 5) is 23.4. The lowest BCUT2D eigenvalue weighted by Crippen LogP contribution is -2.56. The quantitative estimate of drug-likeness (QED) is 0.672. The van der Waals surface area contributed by atoms with Crippen molar-refractivity contribution in [3.8, 4) is 11.5 Å². The van der Waals surface area contributed by atoms with Gasteiger partial charge >= 0.3 is 5.97 Å². The van der Waals surface area contributed by atoms with Crippen LogP contribution in [-0.2, 0) is 4.79 Å². The molecule has 0 aliphatic heterocycles. The molecule has 0 atom stereocenters. The van der Waals surface area contributed by atoms with Gasteiger partial charge in [-0.3, -0.25) is 9.59 Å². The van der Waals surface area contributed by atoms with Crippen molar-refractivity contribution in [3.05, 3.63) is 23.8 Å². The molecule has 110 valence electrons. The molecule has 4 N–H and O–H groups in total. The number of hydrogen-bond acceptors (Lipinski definition) is 4. The predicted octanol–water partition coefficient (Wildman–Crippen LogP) is 1.72. The number of carboxylic acids is 1. The van der Waals surface area contributed by atoms with Crippen LogP contribution in [0, 0.1) is 5.41 Å². The first-order valence-corrected chi connectivity index (χ1v) is 6.07.